The number of aryl methyl sites for hydroxylation is 1. The van der Waals surface area contributed by atoms with Gasteiger partial charge in [0.15, 0.2) is 11.0 Å². The van der Waals surface area contributed by atoms with Gasteiger partial charge in [-0.3, -0.25) is 4.90 Å². The van der Waals surface area contributed by atoms with Gasteiger partial charge in [0.1, 0.15) is 12.1 Å². The Hall–Kier alpha value is -4.20. The molecule has 0 saturated carbocycles. The molecule has 2 aliphatic heterocycles. The Labute approximate surface area is 255 Å². The zero-order valence-corrected chi connectivity index (χ0v) is 24.6. The van der Waals surface area contributed by atoms with Crippen LogP contribution in [0.25, 0.3) is 17.1 Å². The minimum absolute atomic E-state index is 0.0981. The molecule has 43 heavy (non-hydrogen) atoms. The molecular formula is C30H25F3N6O2S2. The molecule has 1 unspecified atom stereocenters. The maximum absolute atomic E-state index is 12.4. The van der Waals surface area contributed by atoms with Crippen molar-refractivity contribution < 1.29 is 22.7 Å². The van der Waals surface area contributed by atoms with Gasteiger partial charge in [-0.1, -0.05) is 61.2 Å². The van der Waals surface area contributed by atoms with Crippen LogP contribution in [0.1, 0.15) is 29.5 Å². The van der Waals surface area contributed by atoms with Crippen molar-refractivity contribution in [2.75, 3.05) is 10.7 Å². The summed E-state index contributed by atoms with van der Waals surface area (Å²) in [6.45, 7) is 4.68. The Morgan fingerprint density at radius 2 is 1.88 bits per heavy atom. The fourth-order valence-corrected chi connectivity index (χ4v) is 6.04. The molecule has 0 aliphatic carbocycles. The molecule has 3 aromatic carbocycles. The van der Waals surface area contributed by atoms with Crippen molar-refractivity contribution in [2.45, 2.75) is 32.7 Å². The fourth-order valence-electron chi connectivity index (χ4n) is 4.84. The van der Waals surface area contributed by atoms with Crippen LogP contribution in [0.5, 0.6) is 5.75 Å². The molecule has 4 aromatic rings. The van der Waals surface area contributed by atoms with Gasteiger partial charge >= 0.3 is 11.5 Å². The van der Waals surface area contributed by atoms with Crippen LogP contribution in [-0.4, -0.2) is 37.2 Å². The number of nitrogens with one attached hydrogen (secondary N) is 1. The molecule has 8 nitrogen and oxygen atoms in total. The lowest BCUT2D eigenvalue weighted by Crippen LogP contribution is -2.28. The lowest BCUT2D eigenvalue weighted by Gasteiger charge is -2.30. The van der Waals surface area contributed by atoms with Crippen molar-refractivity contribution in [1.29, 1.82) is 0 Å². The number of thioether (sulfide) groups is 1. The summed E-state index contributed by atoms with van der Waals surface area (Å²) in [4.78, 5) is 16.6. The number of hydrogen-bond acceptors (Lipinski definition) is 7. The van der Waals surface area contributed by atoms with Crippen molar-refractivity contribution in [3.05, 3.63) is 102 Å². The van der Waals surface area contributed by atoms with Crippen LogP contribution in [0.15, 0.2) is 89.8 Å². The Balaban J connectivity index is 1.04. The van der Waals surface area contributed by atoms with Crippen LogP contribution in [0.4, 0.5) is 18.9 Å². The molecule has 1 saturated heterocycles. The number of anilines is 1. The van der Waals surface area contributed by atoms with Crippen molar-refractivity contribution in [2.24, 2.45) is 4.99 Å². The topological polar surface area (TPSA) is 76.8 Å². The molecule has 13 heteroatoms. The van der Waals surface area contributed by atoms with E-state index in [9.17, 15) is 13.2 Å². The Morgan fingerprint density at radius 1 is 1.12 bits per heavy atom. The number of aliphatic imine (C=N–C) groups is 1. The van der Waals surface area contributed by atoms with Crippen LogP contribution in [-0.2, 0) is 11.4 Å². The summed E-state index contributed by atoms with van der Waals surface area (Å²) in [5, 5.41) is 5.32. The van der Waals surface area contributed by atoms with Crippen molar-refractivity contribution in [1.82, 2.24) is 20.2 Å². The molecule has 0 bridgehead atoms. The Bertz CT molecular complexity index is 1720. The SMILES string of the molecule is Cc1ccc2c(c1)N1C(=CC2C)CSC1=NC(=S)ONCc1ccc(-c2ncn(-c3ccc(OC(F)(F)F)cc3)n2)cc1. The summed E-state index contributed by atoms with van der Waals surface area (Å²) in [5.41, 5.74) is 9.92. The summed E-state index contributed by atoms with van der Waals surface area (Å²) in [5.74, 6) is 1.33. The molecule has 6 rings (SSSR count). The highest BCUT2D eigenvalue weighted by atomic mass is 32.2. The first kappa shape index (κ1) is 28.9. The van der Waals surface area contributed by atoms with Crippen LogP contribution in [0.3, 0.4) is 0 Å². The van der Waals surface area contributed by atoms with E-state index in [0.29, 0.717) is 24.0 Å². The number of hydroxylamine groups is 1. The first-order valence-corrected chi connectivity index (χ1v) is 14.7. The molecule has 0 amide bonds. The number of alkyl halides is 3. The van der Waals surface area contributed by atoms with Gasteiger partial charge < -0.3 is 9.57 Å². The minimum atomic E-state index is -4.74. The van der Waals surface area contributed by atoms with Crippen molar-refractivity contribution in [3.8, 4) is 22.8 Å². The number of benzene rings is 3. The van der Waals surface area contributed by atoms with Crippen molar-refractivity contribution in [3.63, 3.8) is 0 Å². The average molecular weight is 623 g/mol. The maximum atomic E-state index is 12.4. The summed E-state index contributed by atoms with van der Waals surface area (Å²) in [7, 11) is 0. The van der Waals surface area contributed by atoms with Crippen LogP contribution >= 0.6 is 24.0 Å². The second-order valence-electron chi connectivity index (χ2n) is 9.97. The second-order valence-corrected chi connectivity index (χ2v) is 11.3. The summed E-state index contributed by atoms with van der Waals surface area (Å²) < 4.78 is 42.6. The number of rotatable bonds is 6. The highest BCUT2D eigenvalue weighted by Gasteiger charge is 2.33. The van der Waals surface area contributed by atoms with Gasteiger partial charge in [-0.05, 0) is 66.2 Å². The number of allylic oxidation sites excluding steroid dienone is 1. The molecule has 0 spiro atoms. The normalized spacial score (nSPS) is 17.0. The number of nitrogens with zero attached hydrogens (tertiary/aromatic N) is 5. The Morgan fingerprint density at radius 3 is 2.63 bits per heavy atom. The van der Waals surface area contributed by atoms with E-state index in [2.05, 4.69) is 68.3 Å². The van der Waals surface area contributed by atoms with E-state index in [1.807, 2.05) is 24.3 Å². The molecule has 0 radical (unpaired) electrons. The lowest BCUT2D eigenvalue weighted by atomic mass is 9.93. The average Bonchev–Trinajstić information content (AvgIpc) is 3.61. The predicted molar refractivity (Wildman–Crippen MR) is 164 cm³/mol. The zero-order valence-electron chi connectivity index (χ0n) is 23.0. The maximum Gasteiger partial charge on any atom is 0.573 e. The number of thiocarbonyl (C=S) groups is 1. The summed E-state index contributed by atoms with van der Waals surface area (Å²) in [6, 6.07) is 19.4. The van der Waals surface area contributed by atoms with Gasteiger partial charge in [0, 0.05) is 22.9 Å². The van der Waals surface area contributed by atoms with Gasteiger partial charge in [-0.2, -0.15) is 4.99 Å². The molecule has 3 heterocycles. The standard InChI is InChI=1S/C30H25F3N6O2S2/c1-18-3-12-25-19(2)14-23-16-43-28(39(23)26(25)13-18)36-29(42)41-35-15-20-4-6-21(7-5-20)27-34-17-38(37-27)22-8-10-24(11-9-22)40-30(31,32)33/h3-14,17,19,35H,15-16H2,1-2H3. The molecule has 220 valence electrons. The molecule has 1 atom stereocenters. The van der Waals surface area contributed by atoms with E-state index in [0.717, 1.165) is 27.7 Å². The quantitative estimate of drug-likeness (QED) is 0.181. The number of ether oxygens (including phenoxy) is 1. The van der Waals surface area contributed by atoms with Gasteiger partial charge in [0.05, 0.1) is 17.9 Å². The lowest BCUT2D eigenvalue weighted by molar-refractivity contribution is -0.274. The minimum Gasteiger partial charge on any atom is -0.406 e. The van der Waals surface area contributed by atoms with Gasteiger partial charge in [-0.25, -0.2) is 9.67 Å². The highest BCUT2D eigenvalue weighted by Crippen LogP contribution is 2.43. The third kappa shape index (κ3) is 6.58. The summed E-state index contributed by atoms with van der Waals surface area (Å²) >= 11 is 7.03. The predicted octanol–water partition coefficient (Wildman–Crippen LogP) is 7.06. The van der Waals surface area contributed by atoms with Gasteiger partial charge in [0.2, 0.25) is 0 Å². The van der Waals surface area contributed by atoms with Crippen LogP contribution in [0, 0.1) is 6.92 Å². The molecular weight excluding hydrogens is 597 g/mol. The number of hydrogen-bond donors (Lipinski definition) is 1. The Kier molecular flexibility index (Phi) is 7.95. The second kappa shape index (κ2) is 11.8. The third-order valence-electron chi connectivity index (χ3n) is 6.85. The largest absolute Gasteiger partial charge is 0.573 e. The fraction of sp³-hybridized carbons (Fsp3) is 0.200. The van der Waals surface area contributed by atoms with E-state index in [1.54, 1.807) is 11.8 Å². The number of aromatic nitrogens is 3. The van der Waals surface area contributed by atoms with Gasteiger partial charge in [0.25, 0.3) is 0 Å². The zero-order chi connectivity index (χ0) is 30.1. The van der Waals surface area contributed by atoms with E-state index >= 15 is 0 Å². The molecule has 1 fully saturated rings. The first-order valence-electron chi connectivity index (χ1n) is 13.3. The molecule has 2 aliphatic rings. The van der Waals surface area contributed by atoms with Crippen LogP contribution < -0.4 is 15.1 Å². The number of amidine groups is 1. The van der Waals surface area contributed by atoms with Crippen LogP contribution in [0.2, 0.25) is 0 Å². The highest BCUT2D eigenvalue weighted by molar-refractivity contribution is 8.14. The van der Waals surface area contributed by atoms with E-state index in [4.69, 9.17) is 17.1 Å². The van der Waals surface area contributed by atoms with E-state index < -0.39 is 6.36 Å². The number of halogens is 3. The summed E-state index contributed by atoms with van der Waals surface area (Å²) in [6.07, 6.45) is -0.981. The van der Waals surface area contributed by atoms with E-state index in [-0.39, 0.29) is 10.9 Å². The molecule has 1 aromatic heterocycles. The third-order valence-corrected chi connectivity index (χ3v) is 8.00. The first-order chi connectivity index (χ1) is 20.6. The smallest absolute Gasteiger partial charge is 0.406 e. The monoisotopic (exact) mass is 622 g/mol. The van der Waals surface area contributed by atoms with Crippen molar-refractivity contribution >= 4 is 40.0 Å². The van der Waals surface area contributed by atoms with Gasteiger partial charge in [-0.15, -0.1) is 23.8 Å². The molecule has 1 N–H and O–H groups in total. The van der Waals surface area contributed by atoms with E-state index in [1.165, 1.54) is 52.1 Å². The number of fused-ring (bicyclic) bond motifs is 3.